The van der Waals surface area contributed by atoms with Crippen molar-refractivity contribution in [1.29, 1.82) is 0 Å². The Bertz CT molecular complexity index is 630. The molecule has 0 spiro atoms. The Morgan fingerprint density at radius 2 is 1.96 bits per heavy atom. The van der Waals surface area contributed by atoms with Crippen LogP contribution in [-0.4, -0.2) is 24.0 Å². The summed E-state index contributed by atoms with van der Waals surface area (Å²) >= 11 is 1.77. The van der Waals surface area contributed by atoms with Gasteiger partial charge in [-0.05, 0) is 61.8 Å². The number of piperidine rings is 1. The fraction of sp³-hybridized carbons (Fsp3) is 0.333. The van der Waals surface area contributed by atoms with Gasteiger partial charge in [-0.1, -0.05) is 6.07 Å². The summed E-state index contributed by atoms with van der Waals surface area (Å²) in [6, 6.07) is 12.1. The van der Waals surface area contributed by atoms with Crippen molar-refractivity contribution >= 4 is 35.8 Å². The standard InChI is InChI=1S/C18H21N3OS.ClH/c22-18(15-7-10-19-11-8-15)21-16-3-5-17(6-4-16)23-13-14-2-1-9-20-12-14;/h1-6,9,12,15,19H,7-8,10-11,13H2,(H,21,22);1H. The molecule has 2 N–H and O–H groups in total. The summed E-state index contributed by atoms with van der Waals surface area (Å²) in [4.78, 5) is 17.5. The van der Waals surface area contributed by atoms with Gasteiger partial charge in [0, 0.05) is 34.6 Å². The number of hydrogen-bond acceptors (Lipinski definition) is 4. The van der Waals surface area contributed by atoms with E-state index in [1.807, 2.05) is 24.4 Å². The first-order valence-corrected chi connectivity index (χ1v) is 8.93. The van der Waals surface area contributed by atoms with Crippen LogP contribution in [0.3, 0.4) is 0 Å². The molecule has 2 heterocycles. The molecule has 0 atom stereocenters. The molecule has 4 nitrogen and oxygen atoms in total. The lowest BCUT2D eigenvalue weighted by Crippen LogP contribution is -2.34. The Kier molecular flexibility index (Phi) is 7.56. The van der Waals surface area contributed by atoms with Crippen LogP contribution < -0.4 is 10.6 Å². The number of aromatic nitrogens is 1. The minimum Gasteiger partial charge on any atom is -0.326 e. The summed E-state index contributed by atoms with van der Waals surface area (Å²) < 4.78 is 0. The van der Waals surface area contributed by atoms with E-state index in [0.29, 0.717) is 0 Å². The minimum absolute atomic E-state index is 0. The third-order valence-corrected chi connectivity index (χ3v) is 5.04. The second kappa shape index (κ2) is 9.67. The predicted octanol–water partition coefficient (Wildman–Crippen LogP) is 3.73. The maximum Gasteiger partial charge on any atom is 0.227 e. The highest BCUT2D eigenvalue weighted by atomic mass is 35.5. The summed E-state index contributed by atoms with van der Waals surface area (Å²) in [6.45, 7) is 1.87. The molecule has 1 aliphatic rings. The van der Waals surface area contributed by atoms with E-state index in [4.69, 9.17) is 0 Å². The van der Waals surface area contributed by atoms with Gasteiger partial charge in [0.05, 0.1) is 0 Å². The first-order valence-electron chi connectivity index (χ1n) is 7.94. The molecule has 0 aliphatic carbocycles. The number of nitrogens with zero attached hydrogens (tertiary/aromatic N) is 1. The Balaban J connectivity index is 0.00000208. The van der Waals surface area contributed by atoms with Gasteiger partial charge in [-0.2, -0.15) is 0 Å². The molecule has 0 unspecified atom stereocenters. The maximum absolute atomic E-state index is 12.2. The number of amides is 1. The molecular weight excluding hydrogens is 342 g/mol. The van der Waals surface area contributed by atoms with E-state index in [2.05, 4.69) is 33.8 Å². The molecule has 2 aromatic rings. The number of rotatable bonds is 5. The molecule has 6 heteroatoms. The summed E-state index contributed by atoms with van der Waals surface area (Å²) in [5.41, 5.74) is 2.08. The van der Waals surface area contributed by atoms with Gasteiger partial charge in [0.25, 0.3) is 0 Å². The second-order valence-electron chi connectivity index (χ2n) is 5.69. The highest BCUT2D eigenvalue weighted by Crippen LogP contribution is 2.24. The van der Waals surface area contributed by atoms with Gasteiger partial charge < -0.3 is 10.6 Å². The molecule has 1 fully saturated rings. The largest absolute Gasteiger partial charge is 0.326 e. The molecule has 1 aromatic carbocycles. The maximum atomic E-state index is 12.2. The summed E-state index contributed by atoms with van der Waals surface area (Å²) in [7, 11) is 0. The minimum atomic E-state index is 0. The van der Waals surface area contributed by atoms with Crippen LogP contribution >= 0.6 is 24.2 Å². The lowest BCUT2D eigenvalue weighted by Gasteiger charge is -2.21. The lowest BCUT2D eigenvalue weighted by atomic mass is 9.97. The first kappa shape index (κ1) is 18.8. The molecule has 1 aromatic heterocycles. The van der Waals surface area contributed by atoms with E-state index in [1.54, 1.807) is 18.0 Å². The van der Waals surface area contributed by atoms with Crippen LogP contribution in [0.25, 0.3) is 0 Å². The van der Waals surface area contributed by atoms with Crippen molar-refractivity contribution < 1.29 is 4.79 Å². The number of pyridine rings is 1. The molecule has 128 valence electrons. The van der Waals surface area contributed by atoms with E-state index in [9.17, 15) is 4.79 Å². The lowest BCUT2D eigenvalue weighted by molar-refractivity contribution is -0.120. The highest BCUT2D eigenvalue weighted by molar-refractivity contribution is 7.98. The van der Waals surface area contributed by atoms with Crippen LogP contribution in [0.1, 0.15) is 18.4 Å². The summed E-state index contributed by atoms with van der Waals surface area (Å²) in [5, 5.41) is 6.31. The Morgan fingerprint density at radius 3 is 2.62 bits per heavy atom. The second-order valence-corrected chi connectivity index (χ2v) is 6.74. The van der Waals surface area contributed by atoms with Gasteiger partial charge in [0.1, 0.15) is 0 Å². The number of hydrogen-bond donors (Lipinski definition) is 2. The topological polar surface area (TPSA) is 54.0 Å². The molecule has 1 aliphatic heterocycles. The van der Waals surface area contributed by atoms with Crippen LogP contribution in [0.15, 0.2) is 53.7 Å². The third-order valence-electron chi connectivity index (χ3n) is 3.96. The van der Waals surface area contributed by atoms with Crippen molar-refractivity contribution in [2.75, 3.05) is 18.4 Å². The number of nitrogens with one attached hydrogen (secondary N) is 2. The van der Waals surface area contributed by atoms with Gasteiger partial charge in [-0.3, -0.25) is 9.78 Å². The van der Waals surface area contributed by atoms with E-state index < -0.39 is 0 Å². The quantitative estimate of drug-likeness (QED) is 0.795. The number of carbonyl (C=O) groups is 1. The van der Waals surface area contributed by atoms with Crippen molar-refractivity contribution in [3.63, 3.8) is 0 Å². The molecule has 1 saturated heterocycles. The Morgan fingerprint density at radius 1 is 1.21 bits per heavy atom. The molecule has 24 heavy (non-hydrogen) atoms. The molecule has 0 saturated carbocycles. The summed E-state index contributed by atoms with van der Waals surface area (Å²) in [5.74, 6) is 1.17. The van der Waals surface area contributed by atoms with Crippen molar-refractivity contribution in [2.24, 2.45) is 5.92 Å². The molecular formula is C18H22ClN3OS. The van der Waals surface area contributed by atoms with Gasteiger partial charge in [-0.25, -0.2) is 0 Å². The number of benzene rings is 1. The van der Waals surface area contributed by atoms with Crippen LogP contribution in [0.4, 0.5) is 5.69 Å². The third kappa shape index (κ3) is 5.51. The molecule has 0 radical (unpaired) electrons. The fourth-order valence-electron chi connectivity index (χ4n) is 2.61. The molecule has 1 amide bonds. The Hall–Kier alpha value is -1.56. The fourth-order valence-corrected chi connectivity index (χ4v) is 3.45. The van der Waals surface area contributed by atoms with E-state index >= 15 is 0 Å². The van der Waals surface area contributed by atoms with Crippen LogP contribution in [0.2, 0.25) is 0 Å². The van der Waals surface area contributed by atoms with Gasteiger partial charge in [-0.15, -0.1) is 24.2 Å². The smallest absolute Gasteiger partial charge is 0.227 e. The highest BCUT2D eigenvalue weighted by Gasteiger charge is 2.20. The van der Waals surface area contributed by atoms with Gasteiger partial charge in [0.2, 0.25) is 5.91 Å². The van der Waals surface area contributed by atoms with Crippen molar-refractivity contribution in [3.05, 3.63) is 54.4 Å². The molecule has 0 bridgehead atoms. The zero-order valence-electron chi connectivity index (χ0n) is 13.4. The SMILES string of the molecule is Cl.O=C(Nc1ccc(SCc2cccnc2)cc1)C1CCNCC1. The van der Waals surface area contributed by atoms with Gasteiger partial charge in [0.15, 0.2) is 0 Å². The monoisotopic (exact) mass is 363 g/mol. The zero-order chi connectivity index (χ0) is 15.9. The number of anilines is 1. The number of carbonyl (C=O) groups excluding carboxylic acids is 1. The predicted molar refractivity (Wildman–Crippen MR) is 102 cm³/mol. The van der Waals surface area contributed by atoms with Crippen molar-refractivity contribution in [2.45, 2.75) is 23.5 Å². The average molecular weight is 364 g/mol. The number of halogens is 1. The Labute approximate surface area is 153 Å². The van der Waals surface area contributed by atoms with Crippen molar-refractivity contribution in [3.8, 4) is 0 Å². The van der Waals surface area contributed by atoms with E-state index in [1.165, 1.54) is 10.5 Å². The number of thioether (sulfide) groups is 1. The van der Waals surface area contributed by atoms with Crippen molar-refractivity contribution in [1.82, 2.24) is 10.3 Å². The summed E-state index contributed by atoms with van der Waals surface area (Å²) in [6.07, 6.45) is 5.52. The van der Waals surface area contributed by atoms with Crippen LogP contribution in [-0.2, 0) is 10.5 Å². The average Bonchev–Trinajstić information content (AvgIpc) is 2.63. The van der Waals surface area contributed by atoms with Gasteiger partial charge >= 0.3 is 0 Å². The molecule has 3 rings (SSSR count). The first-order chi connectivity index (χ1) is 11.3. The normalized spacial score (nSPS) is 14.7. The van der Waals surface area contributed by atoms with Crippen LogP contribution in [0, 0.1) is 5.92 Å². The van der Waals surface area contributed by atoms with E-state index in [-0.39, 0.29) is 24.2 Å². The zero-order valence-corrected chi connectivity index (χ0v) is 15.0. The van der Waals surface area contributed by atoms with E-state index in [0.717, 1.165) is 37.4 Å². The van der Waals surface area contributed by atoms with Crippen LogP contribution in [0.5, 0.6) is 0 Å².